The van der Waals surface area contributed by atoms with Crippen molar-refractivity contribution in [2.75, 3.05) is 45.9 Å². The Morgan fingerprint density at radius 2 is 1.59 bits per heavy atom. The minimum Gasteiger partial charge on any atom is -0.482 e. The zero-order chi connectivity index (χ0) is 28.5. The number of ether oxygens (including phenoxy) is 4. The zero-order valence-electron chi connectivity index (χ0n) is 22.9. The highest BCUT2D eigenvalue weighted by Crippen LogP contribution is 2.20. The number of benzene rings is 1. The Balaban J connectivity index is 1.41. The number of piperidine rings is 1. The Morgan fingerprint density at radius 3 is 2.18 bits per heavy atom. The lowest BCUT2D eigenvalue weighted by atomic mass is 10.0. The molecule has 1 aromatic carbocycles. The number of esters is 2. The summed E-state index contributed by atoms with van der Waals surface area (Å²) < 4.78 is 20.4. The van der Waals surface area contributed by atoms with Crippen LogP contribution in [-0.2, 0) is 28.6 Å². The van der Waals surface area contributed by atoms with E-state index >= 15 is 0 Å². The summed E-state index contributed by atoms with van der Waals surface area (Å²) in [6, 6.07) is 6.58. The van der Waals surface area contributed by atoms with Crippen molar-refractivity contribution in [1.82, 2.24) is 14.7 Å². The van der Waals surface area contributed by atoms with Crippen LogP contribution in [0.5, 0.6) is 5.75 Å². The Bertz CT molecular complexity index is 1040. The number of hydrogen-bond donors (Lipinski definition) is 0. The fraction of sp³-hybridized carbons (Fsp3) is 0.593. The summed E-state index contributed by atoms with van der Waals surface area (Å²) in [5.74, 6) is -0.853. The van der Waals surface area contributed by atoms with Gasteiger partial charge in [-0.2, -0.15) is 0 Å². The van der Waals surface area contributed by atoms with Crippen LogP contribution in [0.2, 0.25) is 0 Å². The first-order valence-corrected chi connectivity index (χ1v) is 13.1. The second-order valence-electron chi connectivity index (χ2n) is 9.84. The molecule has 2 heterocycles. The number of hydrogen-bond acceptors (Lipinski definition) is 10. The normalized spacial score (nSPS) is 17.5. The Labute approximate surface area is 228 Å². The third kappa shape index (κ3) is 9.24. The van der Waals surface area contributed by atoms with Crippen molar-refractivity contribution < 1.29 is 42.9 Å². The molecule has 0 radical (unpaired) electrons. The third-order valence-electron chi connectivity index (χ3n) is 6.42. The number of Topliss-reactive ketones (excluding diaryl/α,β-unsaturated/α-hetero) is 1. The molecule has 0 bridgehead atoms. The molecule has 2 fully saturated rings. The highest BCUT2D eigenvalue weighted by atomic mass is 16.7. The SMILES string of the molecule is CC(=O)OC(C)OC(=O)N1CCC(N2CCN(CC(=O)c3ccc(OCC(=O)OC(C)C)cc3)C(=O)C2)CC1. The molecule has 2 aliphatic rings. The molecule has 0 N–H and O–H groups in total. The Morgan fingerprint density at radius 1 is 0.923 bits per heavy atom. The van der Waals surface area contributed by atoms with Gasteiger partial charge in [0.1, 0.15) is 5.75 Å². The van der Waals surface area contributed by atoms with Gasteiger partial charge in [0.2, 0.25) is 12.2 Å². The lowest BCUT2D eigenvalue weighted by Gasteiger charge is -2.42. The average molecular weight is 548 g/mol. The fourth-order valence-electron chi connectivity index (χ4n) is 4.53. The van der Waals surface area contributed by atoms with E-state index in [0.717, 1.165) is 0 Å². The van der Waals surface area contributed by atoms with E-state index in [1.54, 1.807) is 47.9 Å². The van der Waals surface area contributed by atoms with E-state index in [4.69, 9.17) is 18.9 Å². The molecule has 0 aromatic heterocycles. The maximum Gasteiger partial charge on any atom is 0.412 e. The second kappa shape index (κ2) is 13.9. The monoisotopic (exact) mass is 547 g/mol. The van der Waals surface area contributed by atoms with E-state index in [-0.39, 0.29) is 43.5 Å². The predicted molar refractivity (Wildman–Crippen MR) is 138 cm³/mol. The van der Waals surface area contributed by atoms with Gasteiger partial charge in [-0.1, -0.05) is 0 Å². The number of rotatable bonds is 10. The summed E-state index contributed by atoms with van der Waals surface area (Å²) in [4.78, 5) is 65.7. The van der Waals surface area contributed by atoms with Gasteiger partial charge in [-0.25, -0.2) is 9.59 Å². The van der Waals surface area contributed by atoms with Crippen molar-refractivity contribution >= 4 is 29.7 Å². The molecule has 2 aliphatic heterocycles. The molecule has 12 heteroatoms. The van der Waals surface area contributed by atoms with Crippen LogP contribution in [-0.4, -0.2) is 109 Å². The number of ketones is 1. The number of carbonyl (C=O) groups excluding carboxylic acids is 5. The van der Waals surface area contributed by atoms with Crippen molar-refractivity contribution in [3.63, 3.8) is 0 Å². The molecular weight excluding hydrogens is 510 g/mol. The molecule has 2 amide bonds. The van der Waals surface area contributed by atoms with E-state index in [9.17, 15) is 24.0 Å². The van der Waals surface area contributed by atoms with E-state index in [1.807, 2.05) is 0 Å². The summed E-state index contributed by atoms with van der Waals surface area (Å²) in [6.45, 7) is 8.24. The highest BCUT2D eigenvalue weighted by Gasteiger charge is 2.33. The first-order valence-electron chi connectivity index (χ1n) is 13.1. The maximum absolute atomic E-state index is 12.8. The van der Waals surface area contributed by atoms with Gasteiger partial charge in [0.25, 0.3) is 0 Å². The number of amides is 2. The quantitative estimate of drug-likeness (QED) is 0.243. The molecule has 1 unspecified atom stereocenters. The standard InChI is InChI=1S/C27H37N3O9/c1-18(2)37-26(34)17-36-23-7-5-21(6-8-23)24(32)15-30-14-13-29(16-25(30)33)22-9-11-28(12-10-22)27(35)39-20(4)38-19(3)31/h5-8,18,20,22H,9-17H2,1-4H3. The number of likely N-dealkylation sites (tertiary alicyclic amines) is 1. The van der Waals surface area contributed by atoms with Crippen LogP contribution in [0.4, 0.5) is 4.79 Å². The largest absolute Gasteiger partial charge is 0.482 e. The third-order valence-corrected chi connectivity index (χ3v) is 6.42. The maximum atomic E-state index is 12.8. The molecule has 1 aromatic rings. The summed E-state index contributed by atoms with van der Waals surface area (Å²) in [7, 11) is 0. The van der Waals surface area contributed by atoms with Crippen molar-refractivity contribution in [2.45, 2.75) is 59.0 Å². The van der Waals surface area contributed by atoms with E-state index in [2.05, 4.69) is 4.90 Å². The molecule has 0 aliphatic carbocycles. The van der Waals surface area contributed by atoms with Crippen molar-refractivity contribution in [3.8, 4) is 5.75 Å². The number of nitrogens with zero attached hydrogens (tertiary/aromatic N) is 3. The first-order chi connectivity index (χ1) is 18.5. The van der Waals surface area contributed by atoms with Crippen LogP contribution in [0.1, 0.15) is 50.9 Å². The number of carbonyl (C=O) groups is 5. The van der Waals surface area contributed by atoms with Gasteiger partial charge >= 0.3 is 18.0 Å². The van der Waals surface area contributed by atoms with Crippen LogP contribution in [0.15, 0.2) is 24.3 Å². The van der Waals surface area contributed by atoms with Crippen LogP contribution in [0.3, 0.4) is 0 Å². The average Bonchev–Trinajstić information content (AvgIpc) is 2.88. The smallest absolute Gasteiger partial charge is 0.412 e. The van der Waals surface area contributed by atoms with Crippen LogP contribution in [0, 0.1) is 0 Å². The number of piperazine rings is 1. The van der Waals surface area contributed by atoms with Gasteiger partial charge < -0.3 is 28.7 Å². The van der Waals surface area contributed by atoms with Crippen molar-refractivity contribution in [2.24, 2.45) is 0 Å². The molecule has 0 saturated carbocycles. The van der Waals surface area contributed by atoms with Gasteiger partial charge in [0.15, 0.2) is 12.4 Å². The molecule has 3 rings (SSSR count). The van der Waals surface area contributed by atoms with Crippen molar-refractivity contribution in [3.05, 3.63) is 29.8 Å². The molecule has 12 nitrogen and oxygen atoms in total. The summed E-state index contributed by atoms with van der Waals surface area (Å²) >= 11 is 0. The highest BCUT2D eigenvalue weighted by molar-refractivity contribution is 5.99. The lowest BCUT2D eigenvalue weighted by Crippen LogP contribution is -2.56. The van der Waals surface area contributed by atoms with E-state index < -0.39 is 24.3 Å². The zero-order valence-corrected chi connectivity index (χ0v) is 22.9. The first kappa shape index (κ1) is 29.9. The van der Waals surface area contributed by atoms with Crippen LogP contribution >= 0.6 is 0 Å². The minimum absolute atomic E-state index is 0.0155. The molecule has 214 valence electrons. The van der Waals surface area contributed by atoms with E-state index in [0.29, 0.717) is 50.3 Å². The Kier molecular flexibility index (Phi) is 10.7. The molecule has 39 heavy (non-hydrogen) atoms. The molecule has 0 spiro atoms. The summed E-state index contributed by atoms with van der Waals surface area (Å²) in [5, 5.41) is 0. The van der Waals surface area contributed by atoms with Crippen molar-refractivity contribution in [1.29, 1.82) is 0 Å². The van der Waals surface area contributed by atoms with Gasteiger partial charge in [-0.05, 0) is 51.0 Å². The molecular formula is C27H37N3O9. The fourth-order valence-corrected chi connectivity index (χ4v) is 4.53. The summed E-state index contributed by atoms with van der Waals surface area (Å²) in [6.07, 6.45) is -0.332. The van der Waals surface area contributed by atoms with Gasteiger partial charge in [0, 0.05) is 51.6 Å². The lowest BCUT2D eigenvalue weighted by molar-refractivity contribution is -0.163. The molecule has 2 saturated heterocycles. The van der Waals surface area contributed by atoms with E-state index in [1.165, 1.54) is 13.8 Å². The van der Waals surface area contributed by atoms with Gasteiger partial charge in [-0.3, -0.25) is 19.3 Å². The van der Waals surface area contributed by atoms with Crippen LogP contribution in [0.25, 0.3) is 0 Å². The Hall–Kier alpha value is -3.67. The predicted octanol–water partition coefficient (Wildman–Crippen LogP) is 1.85. The summed E-state index contributed by atoms with van der Waals surface area (Å²) in [5.41, 5.74) is 0.449. The topological polar surface area (TPSA) is 132 Å². The van der Waals surface area contributed by atoms with Crippen LogP contribution < -0.4 is 4.74 Å². The molecule has 1 atom stereocenters. The van der Waals surface area contributed by atoms with Gasteiger partial charge in [0.05, 0.1) is 19.2 Å². The second-order valence-corrected chi connectivity index (χ2v) is 9.84. The minimum atomic E-state index is -0.951. The van der Waals surface area contributed by atoms with Gasteiger partial charge in [-0.15, -0.1) is 0 Å².